The van der Waals surface area contributed by atoms with Crippen molar-refractivity contribution in [2.24, 2.45) is 0 Å². The maximum Gasteiger partial charge on any atom is 0.274 e. The molecule has 1 saturated heterocycles. The van der Waals surface area contributed by atoms with Crippen LogP contribution in [0.2, 0.25) is 0 Å². The van der Waals surface area contributed by atoms with Crippen LogP contribution in [0.4, 0.5) is 4.39 Å². The molecule has 3 aromatic rings. The van der Waals surface area contributed by atoms with Gasteiger partial charge < -0.3 is 9.64 Å². The van der Waals surface area contributed by atoms with Gasteiger partial charge in [0.1, 0.15) is 11.9 Å². The topological polar surface area (TPSA) is 42.4 Å². The number of nitrogens with zero attached hydrogens (tertiary/aromatic N) is 2. The van der Waals surface area contributed by atoms with Gasteiger partial charge in [0.2, 0.25) is 5.91 Å². The summed E-state index contributed by atoms with van der Waals surface area (Å²) in [5, 5.41) is 0.653. The maximum atomic E-state index is 12.9. The highest BCUT2D eigenvalue weighted by Gasteiger charge is 2.32. The van der Waals surface area contributed by atoms with E-state index >= 15 is 0 Å². The SMILES string of the molecule is Cc1cccc2sc(OC3CN(C(=O)Cc4ccc(F)cc4)C3)nc12. The fourth-order valence-corrected chi connectivity index (χ4v) is 3.82. The zero-order chi connectivity index (χ0) is 17.4. The molecule has 4 rings (SSSR count). The number of amides is 1. The number of benzene rings is 2. The quantitative estimate of drug-likeness (QED) is 0.718. The Bertz CT molecular complexity index is 917. The molecule has 0 atom stereocenters. The van der Waals surface area contributed by atoms with Crippen LogP contribution in [0, 0.1) is 12.7 Å². The number of carbonyl (C=O) groups excluding carboxylic acids is 1. The zero-order valence-corrected chi connectivity index (χ0v) is 14.6. The van der Waals surface area contributed by atoms with Crippen molar-refractivity contribution in [3.63, 3.8) is 0 Å². The number of ether oxygens (including phenoxy) is 1. The van der Waals surface area contributed by atoms with E-state index in [0.29, 0.717) is 18.3 Å². The van der Waals surface area contributed by atoms with Crippen molar-refractivity contribution < 1.29 is 13.9 Å². The number of para-hydroxylation sites is 1. The van der Waals surface area contributed by atoms with Crippen molar-refractivity contribution in [3.8, 4) is 5.19 Å². The third-order valence-corrected chi connectivity index (χ3v) is 5.25. The fourth-order valence-electron chi connectivity index (χ4n) is 2.86. The molecule has 25 heavy (non-hydrogen) atoms. The molecule has 1 fully saturated rings. The highest BCUT2D eigenvalue weighted by atomic mass is 32.1. The van der Waals surface area contributed by atoms with Crippen LogP contribution < -0.4 is 4.74 Å². The summed E-state index contributed by atoms with van der Waals surface area (Å²) in [6.07, 6.45) is 0.269. The van der Waals surface area contributed by atoms with E-state index in [-0.39, 0.29) is 24.2 Å². The summed E-state index contributed by atoms with van der Waals surface area (Å²) in [6.45, 7) is 3.16. The predicted molar refractivity (Wildman–Crippen MR) is 95.5 cm³/mol. The van der Waals surface area contributed by atoms with Crippen LogP contribution in [-0.4, -0.2) is 35.0 Å². The van der Waals surface area contributed by atoms with Crippen molar-refractivity contribution in [1.29, 1.82) is 0 Å². The predicted octanol–water partition coefficient (Wildman–Crippen LogP) is 3.58. The van der Waals surface area contributed by atoms with E-state index < -0.39 is 0 Å². The summed E-state index contributed by atoms with van der Waals surface area (Å²) in [5.74, 6) is -0.258. The minimum Gasteiger partial charge on any atom is -0.463 e. The molecule has 1 aliphatic rings. The molecule has 0 aliphatic carbocycles. The van der Waals surface area contributed by atoms with Gasteiger partial charge in [-0.3, -0.25) is 4.79 Å². The summed E-state index contributed by atoms with van der Waals surface area (Å²) in [6, 6.07) is 12.1. The summed E-state index contributed by atoms with van der Waals surface area (Å²) >= 11 is 1.53. The van der Waals surface area contributed by atoms with Crippen LogP contribution in [0.15, 0.2) is 42.5 Å². The molecule has 0 N–H and O–H groups in total. The third-order valence-electron chi connectivity index (χ3n) is 4.34. The lowest BCUT2D eigenvalue weighted by molar-refractivity contribution is -0.139. The summed E-state index contributed by atoms with van der Waals surface area (Å²) in [7, 11) is 0. The smallest absolute Gasteiger partial charge is 0.274 e. The van der Waals surface area contributed by atoms with Gasteiger partial charge in [0.05, 0.1) is 29.7 Å². The first-order valence-electron chi connectivity index (χ1n) is 8.13. The van der Waals surface area contributed by atoms with Crippen molar-refractivity contribution in [3.05, 3.63) is 59.4 Å². The number of fused-ring (bicyclic) bond motifs is 1. The summed E-state index contributed by atoms with van der Waals surface area (Å²) in [5.41, 5.74) is 2.93. The van der Waals surface area contributed by atoms with Gasteiger partial charge in [0.25, 0.3) is 5.19 Å². The largest absolute Gasteiger partial charge is 0.463 e. The molecule has 1 aromatic heterocycles. The molecule has 128 valence electrons. The molecule has 6 heteroatoms. The monoisotopic (exact) mass is 356 g/mol. The molecule has 0 spiro atoms. The van der Waals surface area contributed by atoms with Crippen molar-refractivity contribution in [2.75, 3.05) is 13.1 Å². The molecule has 2 heterocycles. The Morgan fingerprint density at radius 1 is 1.28 bits per heavy atom. The highest BCUT2D eigenvalue weighted by Crippen LogP contribution is 2.31. The van der Waals surface area contributed by atoms with Gasteiger partial charge in [-0.25, -0.2) is 9.37 Å². The Labute approximate surface area is 148 Å². The standard InChI is InChI=1S/C19H17FN2O2S/c1-12-3-2-4-16-18(12)21-19(25-16)24-15-10-22(11-15)17(23)9-13-5-7-14(20)8-6-13/h2-8,15H,9-11H2,1H3. The number of hydrogen-bond acceptors (Lipinski definition) is 4. The molecular formula is C19H17FN2O2S. The molecule has 4 nitrogen and oxygen atoms in total. The Morgan fingerprint density at radius 2 is 2.04 bits per heavy atom. The van der Waals surface area contributed by atoms with Crippen LogP contribution in [0.25, 0.3) is 10.2 Å². The molecule has 0 bridgehead atoms. The van der Waals surface area contributed by atoms with Gasteiger partial charge in [0.15, 0.2) is 0 Å². The number of thiazole rings is 1. The lowest BCUT2D eigenvalue weighted by Gasteiger charge is -2.38. The Hall–Kier alpha value is -2.47. The minimum absolute atomic E-state index is 0.0157. The van der Waals surface area contributed by atoms with Gasteiger partial charge in [0, 0.05) is 0 Å². The zero-order valence-electron chi connectivity index (χ0n) is 13.7. The second-order valence-corrected chi connectivity index (χ2v) is 7.24. The van der Waals surface area contributed by atoms with Crippen LogP contribution in [0.3, 0.4) is 0 Å². The molecular weight excluding hydrogens is 339 g/mol. The van der Waals surface area contributed by atoms with E-state index in [4.69, 9.17) is 4.74 Å². The minimum atomic E-state index is -0.292. The van der Waals surface area contributed by atoms with Crippen molar-refractivity contribution >= 4 is 27.5 Å². The third kappa shape index (κ3) is 3.35. The van der Waals surface area contributed by atoms with Crippen LogP contribution >= 0.6 is 11.3 Å². The first kappa shape index (κ1) is 16.0. The highest BCUT2D eigenvalue weighted by molar-refractivity contribution is 7.20. The van der Waals surface area contributed by atoms with Gasteiger partial charge >= 0.3 is 0 Å². The number of rotatable bonds is 4. The number of hydrogen-bond donors (Lipinski definition) is 0. The van der Waals surface area contributed by atoms with Crippen LogP contribution in [-0.2, 0) is 11.2 Å². The first-order valence-corrected chi connectivity index (χ1v) is 8.95. The number of aromatic nitrogens is 1. The van der Waals surface area contributed by atoms with E-state index in [2.05, 4.69) is 4.98 Å². The summed E-state index contributed by atoms with van der Waals surface area (Å²) < 4.78 is 19.9. The number of aryl methyl sites for hydroxylation is 1. The first-order chi connectivity index (χ1) is 12.1. The van der Waals surface area contributed by atoms with Gasteiger partial charge in [-0.1, -0.05) is 35.6 Å². The second-order valence-electron chi connectivity index (χ2n) is 6.24. The Morgan fingerprint density at radius 3 is 2.76 bits per heavy atom. The summed E-state index contributed by atoms with van der Waals surface area (Å²) in [4.78, 5) is 18.5. The Balaban J connectivity index is 1.33. The van der Waals surface area contributed by atoms with Gasteiger partial charge in [-0.2, -0.15) is 0 Å². The molecule has 2 aromatic carbocycles. The lowest BCUT2D eigenvalue weighted by Crippen LogP contribution is -2.56. The van der Waals surface area contributed by atoms with E-state index in [9.17, 15) is 9.18 Å². The average Bonchev–Trinajstić information content (AvgIpc) is 2.97. The van der Waals surface area contributed by atoms with Crippen molar-refractivity contribution in [2.45, 2.75) is 19.4 Å². The molecule has 0 saturated carbocycles. The maximum absolute atomic E-state index is 12.9. The van der Waals surface area contributed by atoms with E-state index in [1.165, 1.54) is 23.5 Å². The van der Waals surface area contributed by atoms with Crippen LogP contribution in [0.5, 0.6) is 5.19 Å². The van der Waals surface area contributed by atoms with E-state index in [0.717, 1.165) is 21.3 Å². The second kappa shape index (κ2) is 6.44. The van der Waals surface area contributed by atoms with Crippen LogP contribution in [0.1, 0.15) is 11.1 Å². The average molecular weight is 356 g/mol. The molecule has 1 amide bonds. The van der Waals surface area contributed by atoms with Crippen molar-refractivity contribution in [1.82, 2.24) is 9.88 Å². The Kier molecular flexibility index (Phi) is 4.13. The number of halogens is 1. The fraction of sp³-hybridized carbons (Fsp3) is 0.263. The molecule has 0 radical (unpaired) electrons. The van der Waals surface area contributed by atoms with Gasteiger partial charge in [-0.15, -0.1) is 0 Å². The number of carbonyl (C=O) groups is 1. The van der Waals surface area contributed by atoms with E-state index in [1.807, 2.05) is 25.1 Å². The normalized spacial score (nSPS) is 14.6. The molecule has 0 unspecified atom stereocenters. The molecule has 1 aliphatic heterocycles. The lowest BCUT2D eigenvalue weighted by atomic mass is 10.1. The van der Waals surface area contributed by atoms with E-state index in [1.54, 1.807) is 17.0 Å². The van der Waals surface area contributed by atoms with Gasteiger partial charge in [-0.05, 0) is 36.2 Å². The number of likely N-dealkylation sites (tertiary alicyclic amines) is 1.